The van der Waals surface area contributed by atoms with Crippen LogP contribution in [0.1, 0.15) is 30.5 Å². The Morgan fingerprint density at radius 1 is 1.44 bits per heavy atom. The first-order valence-corrected chi connectivity index (χ1v) is 5.38. The van der Waals surface area contributed by atoms with Gasteiger partial charge < -0.3 is 4.57 Å². The van der Waals surface area contributed by atoms with Gasteiger partial charge in [0.15, 0.2) is 0 Å². The highest BCUT2D eigenvalue weighted by Gasteiger charge is 2.29. The van der Waals surface area contributed by atoms with E-state index in [0.717, 1.165) is 11.4 Å². The third kappa shape index (κ3) is 1.21. The number of carbonyl (C=O) groups is 1. The molecule has 1 aliphatic heterocycles. The molecule has 0 saturated carbocycles. The van der Waals surface area contributed by atoms with Gasteiger partial charge in [0.25, 0.3) is 0 Å². The van der Waals surface area contributed by atoms with E-state index in [-0.39, 0.29) is 11.7 Å². The Balaban J connectivity index is 2.17. The molecular formula is C13H12N2O. The number of Topliss-reactive ketones (excluding diaryl/α,β-unsaturated/α-hetero) is 1. The van der Waals surface area contributed by atoms with Crippen molar-refractivity contribution in [1.82, 2.24) is 9.55 Å². The molecule has 2 aromatic rings. The molecule has 0 spiro atoms. The van der Waals surface area contributed by atoms with Gasteiger partial charge in [0, 0.05) is 18.5 Å². The molecular weight excluding hydrogens is 200 g/mol. The van der Waals surface area contributed by atoms with Crippen LogP contribution in [0.5, 0.6) is 0 Å². The molecule has 1 aromatic heterocycles. The zero-order chi connectivity index (χ0) is 11.1. The van der Waals surface area contributed by atoms with Gasteiger partial charge in [-0.2, -0.15) is 0 Å². The molecule has 1 aliphatic rings. The zero-order valence-corrected chi connectivity index (χ0v) is 9.05. The molecule has 0 N–H and O–H groups in total. The summed E-state index contributed by atoms with van der Waals surface area (Å²) in [6.07, 6.45) is 4.23. The predicted octanol–water partition coefficient (Wildman–Crippen LogP) is 2.30. The van der Waals surface area contributed by atoms with E-state index in [4.69, 9.17) is 0 Å². The van der Waals surface area contributed by atoms with Crippen LogP contribution < -0.4 is 0 Å². The molecule has 1 unspecified atom stereocenters. The van der Waals surface area contributed by atoms with Crippen molar-refractivity contribution >= 4 is 5.78 Å². The molecule has 0 aliphatic carbocycles. The van der Waals surface area contributed by atoms with E-state index in [0.29, 0.717) is 6.42 Å². The minimum Gasteiger partial charge on any atom is -0.302 e. The lowest BCUT2D eigenvalue weighted by atomic mass is 9.93. The van der Waals surface area contributed by atoms with E-state index in [9.17, 15) is 4.79 Å². The summed E-state index contributed by atoms with van der Waals surface area (Å²) < 4.78 is 2.07. The highest BCUT2D eigenvalue weighted by atomic mass is 16.1. The summed E-state index contributed by atoms with van der Waals surface area (Å²) in [6, 6.07) is 8.20. The average Bonchev–Trinajstić information content (AvgIpc) is 2.82. The summed E-state index contributed by atoms with van der Waals surface area (Å²) in [4.78, 5) is 15.5. The largest absolute Gasteiger partial charge is 0.302 e. The van der Waals surface area contributed by atoms with Gasteiger partial charge in [-0.25, -0.2) is 4.98 Å². The van der Waals surface area contributed by atoms with Gasteiger partial charge in [-0.05, 0) is 18.6 Å². The molecule has 0 saturated heterocycles. The van der Waals surface area contributed by atoms with E-state index in [1.807, 2.05) is 24.7 Å². The van der Waals surface area contributed by atoms with Crippen molar-refractivity contribution in [2.75, 3.05) is 0 Å². The number of imidazole rings is 1. The second kappa shape index (κ2) is 3.30. The lowest BCUT2D eigenvalue weighted by Crippen LogP contribution is -2.02. The van der Waals surface area contributed by atoms with Gasteiger partial charge in [0.1, 0.15) is 5.78 Å². The lowest BCUT2D eigenvalue weighted by Gasteiger charge is -2.08. The monoisotopic (exact) mass is 212 g/mol. The Morgan fingerprint density at radius 3 is 3.06 bits per heavy atom. The number of benzene rings is 1. The van der Waals surface area contributed by atoms with E-state index in [1.54, 1.807) is 6.92 Å². The van der Waals surface area contributed by atoms with Gasteiger partial charge in [-0.1, -0.05) is 18.2 Å². The number of aromatic nitrogens is 2. The first-order valence-electron chi connectivity index (χ1n) is 5.38. The topological polar surface area (TPSA) is 34.9 Å². The molecule has 1 atom stereocenters. The second-order valence-electron chi connectivity index (χ2n) is 4.21. The molecule has 16 heavy (non-hydrogen) atoms. The Hall–Kier alpha value is -1.90. The standard InChI is InChI=1S/C13H12N2O/c1-9(16)6-11-10-4-2-3-5-12(10)15-8-14-7-13(11)15/h2-5,7-8,11H,6H2,1H3. The SMILES string of the molecule is CC(=O)CC1c2ccccc2-n2cncc21. The molecule has 80 valence electrons. The van der Waals surface area contributed by atoms with Crippen LogP contribution in [0.15, 0.2) is 36.8 Å². The molecule has 1 aromatic carbocycles. The fourth-order valence-electron chi connectivity index (χ4n) is 2.43. The maximum atomic E-state index is 11.3. The quantitative estimate of drug-likeness (QED) is 0.765. The minimum atomic E-state index is 0.177. The van der Waals surface area contributed by atoms with Crippen molar-refractivity contribution < 1.29 is 4.79 Å². The van der Waals surface area contributed by atoms with E-state index < -0.39 is 0 Å². The highest BCUT2D eigenvalue weighted by molar-refractivity contribution is 5.78. The number of hydrogen-bond donors (Lipinski definition) is 0. The number of para-hydroxylation sites is 1. The van der Waals surface area contributed by atoms with Crippen molar-refractivity contribution in [3.63, 3.8) is 0 Å². The van der Waals surface area contributed by atoms with Crippen LogP contribution in [-0.2, 0) is 4.79 Å². The number of rotatable bonds is 2. The van der Waals surface area contributed by atoms with E-state index in [1.165, 1.54) is 5.56 Å². The highest BCUT2D eigenvalue weighted by Crippen LogP contribution is 2.39. The molecule has 3 rings (SSSR count). The Bertz CT molecular complexity index is 557. The fraction of sp³-hybridized carbons (Fsp3) is 0.231. The van der Waals surface area contributed by atoms with Crippen molar-refractivity contribution in [1.29, 1.82) is 0 Å². The van der Waals surface area contributed by atoms with Gasteiger partial charge in [-0.3, -0.25) is 4.79 Å². The summed E-state index contributed by atoms with van der Waals surface area (Å²) in [5.41, 5.74) is 3.51. The number of ketones is 1. The summed E-state index contributed by atoms with van der Waals surface area (Å²) in [7, 11) is 0. The number of hydrogen-bond acceptors (Lipinski definition) is 2. The summed E-state index contributed by atoms with van der Waals surface area (Å²) >= 11 is 0. The smallest absolute Gasteiger partial charge is 0.130 e. The van der Waals surface area contributed by atoms with Crippen LogP contribution >= 0.6 is 0 Å². The molecule has 0 radical (unpaired) electrons. The second-order valence-corrected chi connectivity index (χ2v) is 4.21. The Labute approximate surface area is 93.7 Å². The van der Waals surface area contributed by atoms with E-state index >= 15 is 0 Å². The summed E-state index contributed by atoms with van der Waals surface area (Å²) in [6.45, 7) is 1.64. The van der Waals surface area contributed by atoms with Gasteiger partial charge in [0.2, 0.25) is 0 Å². The van der Waals surface area contributed by atoms with Crippen LogP contribution in [0.4, 0.5) is 0 Å². The number of carbonyl (C=O) groups excluding carboxylic acids is 1. The fourth-order valence-corrected chi connectivity index (χ4v) is 2.43. The van der Waals surface area contributed by atoms with Gasteiger partial charge >= 0.3 is 0 Å². The van der Waals surface area contributed by atoms with Crippen molar-refractivity contribution in [3.05, 3.63) is 48.0 Å². The van der Waals surface area contributed by atoms with Crippen LogP contribution in [0.2, 0.25) is 0 Å². The Kier molecular flexibility index (Phi) is 1.93. The summed E-state index contributed by atoms with van der Waals surface area (Å²) in [5.74, 6) is 0.394. The molecule has 3 heteroatoms. The zero-order valence-electron chi connectivity index (χ0n) is 9.05. The van der Waals surface area contributed by atoms with Gasteiger partial charge in [-0.15, -0.1) is 0 Å². The molecule has 0 amide bonds. The molecule has 0 fully saturated rings. The van der Waals surface area contributed by atoms with Crippen LogP contribution in [0, 0.1) is 0 Å². The van der Waals surface area contributed by atoms with Crippen molar-refractivity contribution in [2.45, 2.75) is 19.3 Å². The normalized spacial score (nSPS) is 16.9. The van der Waals surface area contributed by atoms with Crippen LogP contribution in [0.3, 0.4) is 0 Å². The molecule has 2 heterocycles. The third-order valence-corrected chi connectivity index (χ3v) is 3.09. The van der Waals surface area contributed by atoms with Gasteiger partial charge in [0.05, 0.1) is 17.7 Å². The third-order valence-electron chi connectivity index (χ3n) is 3.09. The number of fused-ring (bicyclic) bond motifs is 3. The minimum absolute atomic E-state index is 0.177. The first-order chi connectivity index (χ1) is 7.77. The first kappa shape index (κ1) is 9.33. The van der Waals surface area contributed by atoms with Crippen LogP contribution in [-0.4, -0.2) is 15.3 Å². The van der Waals surface area contributed by atoms with Crippen molar-refractivity contribution in [2.24, 2.45) is 0 Å². The van der Waals surface area contributed by atoms with Crippen molar-refractivity contribution in [3.8, 4) is 5.69 Å². The average molecular weight is 212 g/mol. The predicted molar refractivity (Wildman–Crippen MR) is 60.7 cm³/mol. The molecule has 0 bridgehead atoms. The maximum absolute atomic E-state index is 11.3. The maximum Gasteiger partial charge on any atom is 0.130 e. The van der Waals surface area contributed by atoms with E-state index in [2.05, 4.69) is 21.7 Å². The number of nitrogens with zero attached hydrogens (tertiary/aromatic N) is 2. The Morgan fingerprint density at radius 2 is 2.25 bits per heavy atom. The summed E-state index contributed by atoms with van der Waals surface area (Å²) in [5, 5.41) is 0. The molecule has 3 nitrogen and oxygen atoms in total. The lowest BCUT2D eigenvalue weighted by molar-refractivity contribution is -0.117. The van der Waals surface area contributed by atoms with Crippen LogP contribution in [0.25, 0.3) is 5.69 Å².